The Labute approximate surface area is 93.5 Å². The van der Waals surface area contributed by atoms with Crippen LogP contribution in [-0.4, -0.2) is 19.6 Å². The summed E-state index contributed by atoms with van der Waals surface area (Å²) in [6, 6.07) is 3.86. The van der Waals surface area contributed by atoms with Crippen LogP contribution in [0.4, 0.5) is 5.69 Å². The van der Waals surface area contributed by atoms with Crippen molar-refractivity contribution in [2.45, 2.75) is 11.8 Å². The molecule has 0 saturated heterocycles. The van der Waals surface area contributed by atoms with Crippen molar-refractivity contribution in [2.75, 3.05) is 6.26 Å². The van der Waals surface area contributed by atoms with E-state index in [1.165, 1.54) is 12.1 Å². The minimum Gasteiger partial charge on any atom is -0.258 e. The highest BCUT2D eigenvalue weighted by Gasteiger charge is 2.16. The van der Waals surface area contributed by atoms with Gasteiger partial charge in [-0.25, -0.2) is 8.42 Å². The van der Waals surface area contributed by atoms with E-state index in [1.54, 1.807) is 19.1 Å². The molecule has 0 N–H and O–H groups in total. The van der Waals surface area contributed by atoms with Crippen LogP contribution >= 0.6 is 0 Å². The molecule has 16 heavy (non-hydrogen) atoms. The van der Waals surface area contributed by atoms with Crippen molar-refractivity contribution in [3.05, 3.63) is 40.0 Å². The zero-order valence-electron chi connectivity index (χ0n) is 8.88. The average Bonchev–Trinajstić information content (AvgIpc) is 2.16. The van der Waals surface area contributed by atoms with Crippen LogP contribution in [0.15, 0.2) is 29.2 Å². The third-order valence-electron chi connectivity index (χ3n) is 1.97. The number of nitrogens with zero attached hydrogens (tertiary/aromatic N) is 1. The van der Waals surface area contributed by atoms with E-state index in [0.717, 1.165) is 12.3 Å². The lowest BCUT2D eigenvalue weighted by Crippen LogP contribution is -1.99. The number of hydrogen-bond acceptors (Lipinski definition) is 4. The Balaban J connectivity index is 3.46. The second-order valence-electron chi connectivity index (χ2n) is 3.25. The number of hydrogen-bond donors (Lipinski definition) is 0. The maximum atomic E-state index is 11.2. The fourth-order valence-corrected chi connectivity index (χ4v) is 1.87. The van der Waals surface area contributed by atoms with E-state index in [0.29, 0.717) is 5.56 Å². The van der Waals surface area contributed by atoms with Crippen LogP contribution in [0.5, 0.6) is 0 Å². The smallest absolute Gasteiger partial charge is 0.258 e. The lowest BCUT2D eigenvalue weighted by molar-refractivity contribution is -0.385. The number of nitro groups is 1. The molecular formula is C10H11NO4S. The first-order chi connectivity index (χ1) is 7.36. The van der Waals surface area contributed by atoms with E-state index in [2.05, 4.69) is 0 Å². The van der Waals surface area contributed by atoms with E-state index >= 15 is 0 Å². The van der Waals surface area contributed by atoms with Crippen molar-refractivity contribution in [3.63, 3.8) is 0 Å². The van der Waals surface area contributed by atoms with Gasteiger partial charge in [-0.3, -0.25) is 10.1 Å². The van der Waals surface area contributed by atoms with Gasteiger partial charge in [-0.15, -0.1) is 0 Å². The topological polar surface area (TPSA) is 77.3 Å². The van der Waals surface area contributed by atoms with Crippen molar-refractivity contribution >= 4 is 21.6 Å². The molecule has 0 spiro atoms. The Bertz CT molecular complexity index is 546. The minimum atomic E-state index is -3.42. The molecule has 6 heteroatoms. The fourth-order valence-electron chi connectivity index (χ4n) is 1.23. The second kappa shape index (κ2) is 4.44. The molecule has 0 saturated carbocycles. The molecule has 0 unspecified atom stereocenters. The summed E-state index contributed by atoms with van der Waals surface area (Å²) in [5.74, 6) is 0. The maximum absolute atomic E-state index is 11.2. The first-order valence-electron chi connectivity index (χ1n) is 4.47. The Hall–Kier alpha value is -1.69. The largest absolute Gasteiger partial charge is 0.277 e. The molecule has 0 aliphatic rings. The normalized spacial score (nSPS) is 11.9. The van der Waals surface area contributed by atoms with Crippen LogP contribution in [0.25, 0.3) is 6.08 Å². The van der Waals surface area contributed by atoms with E-state index < -0.39 is 14.8 Å². The first kappa shape index (κ1) is 12.4. The van der Waals surface area contributed by atoms with Crippen LogP contribution < -0.4 is 0 Å². The van der Waals surface area contributed by atoms with Gasteiger partial charge in [0.2, 0.25) is 0 Å². The SMILES string of the molecule is C/C=C/c1ccc(S(C)(=O)=O)cc1[N+](=O)[O-]. The molecule has 0 aromatic heterocycles. The quantitative estimate of drug-likeness (QED) is 0.599. The first-order valence-corrected chi connectivity index (χ1v) is 6.36. The Morgan fingerprint density at radius 2 is 2.00 bits per heavy atom. The van der Waals surface area contributed by atoms with Crippen molar-refractivity contribution in [2.24, 2.45) is 0 Å². The van der Waals surface area contributed by atoms with Crippen molar-refractivity contribution in [1.82, 2.24) is 0 Å². The van der Waals surface area contributed by atoms with E-state index in [4.69, 9.17) is 0 Å². The molecule has 0 atom stereocenters. The van der Waals surface area contributed by atoms with Crippen LogP contribution in [0.2, 0.25) is 0 Å². The molecule has 0 radical (unpaired) electrons. The summed E-state index contributed by atoms with van der Waals surface area (Å²) in [5.41, 5.74) is 0.181. The number of benzene rings is 1. The summed E-state index contributed by atoms with van der Waals surface area (Å²) in [6.07, 6.45) is 4.23. The standard InChI is InChI=1S/C10H11NO4S/c1-3-4-8-5-6-9(16(2,14)15)7-10(8)11(12)13/h3-7H,1-2H3/b4-3+. The third-order valence-corrected chi connectivity index (χ3v) is 3.08. The summed E-state index contributed by atoms with van der Waals surface area (Å²) < 4.78 is 22.5. The highest BCUT2D eigenvalue weighted by molar-refractivity contribution is 7.90. The predicted octanol–water partition coefficient (Wildman–Crippen LogP) is 2.03. The number of allylic oxidation sites excluding steroid dienone is 1. The van der Waals surface area contributed by atoms with Gasteiger partial charge in [-0.1, -0.05) is 12.2 Å². The molecule has 1 aromatic carbocycles. The highest BCUT2D eigenvalue weighted by Crippen LogP contribution is 2.24. The molecule has 1 aromatic rings. The fraction of sp³-hybridized carbons (Fsp3) is 0.200. The summed E-state index contributed by atoms with van der Waals surface area (Å²) >= 11 is 0. The minimum absolute atomic E-state index is 0.0487. The van der Waals surface area contributed by atoms with Crippen molar-refractivity contribution in [1.29, 1.82) is 0 Å². The predicted molar refractivity (Wildman–Crippen MR) is 60.9 cm³/mol. The van der Waals surface area contributed by atoms with Gasteiger partial charge in [0.1, 0.15) is 0 Å². The molecule has 0 fully saturated rings. The number of sulfone groups is 1. The highest BCUT2D eigenvalue weighted by atomic mass is 32.2. The zero-order valence-corrected chi connectivity index (χ0v) is 9.69. The van der Waals surface area contributed by atoms with Crippen LogP contribution in [0, 0.1) is 10.1 Å². The summed E-state index contributed by atoms with van der Waals surface area (Å²) in [4.78, 5) is 10.1. The number of rotatable bonds is 3. The summed E-state index contributed by atoms with van der Waals surface area (Å²) in [7, 11) is -3.42. The number of nitro benzene ring substituents is 1. The van der Waals surface area contributed by atoms with Gasteiger partial charge >= 0.3 is 0 Å². The second-order valence-corrected chi connectivity index (χ2v) is 5.27. The molecule has 0 aliphatic heterocycles. The molecule has 0 heterocycles. The molecule has 0 amide bonds. The lowest BCUT2D eigenvalue weighted by Gasteiger charge is -2.01. The van der Waals surface area contributed by atoms with Crippen LogP contribution in [0.1, 0.15) is 12.5 Å². The molecule has 5 nitrogen and oxygen atoms in total. The molecule has 1 rings (SSSR count). The Kier molecular flexibility index (Phi) is 3.44. The Morgan fingerprint density at radius 3 is 2.44 bits per heavy atom. The Morgan fingerprint density at radius 1 is 1.38 bits per heavy atom. The van der Waals surface area contributed by atoms with Gasteiger partial charge in [0.25, 0.3) is 5.69 Å². The van der Waals surface area contributed by atoms with Gasteiger partial charge in [0.15, 0.2) is 9.84 Å². The molecular weight excluding hydrogens is 230 g/mol. The van der Waals surface area contributed by atoms with E-state index in [1.807, 2.05) is 0 Å². The lowest BCUT2D eigenvalue weighted by atomic mass is 10.1. The van der Waals surface area contributed by atoms with E-state index in [-0.39, 0.29) is 10.6 Å². The van der Waals surface area contributed by atoms with Gasteiger partial charge in [0, 0.05) is 12.3 Å². The van der Waals surface area contributed by atoms with Crippen LogP contribution in [0.3, 0.4) is 0 Å². The van der Waals surface area contributed by atoms with Gasteiger partial charge in [-0.2, -0.15) is 0 Å². The average molecular weight is 241 g/mol. The van der Waals surface area contributed by atoms with Gasteiger partial charge in [-0.05, 0) is 19.1 Å². The van der Waals surface area contributed by atoms with Gasteiger partial charge < -0.3 is 0 Å². The summed E-state index contributed by atoms with van der Waals surface area (Å²) in [6.45, 7) is 1.73. The molecule has 0 aliphatic carbocycles. The van der Waals surface area contributed by atoms with Crippen molar-refractivity contribution in [3.8, 4) is 0 Å². The summed E-state index contributed by atoms with van der Waals surface area (Å²) in [5, 5.41) is 10.8. The zero-order chi connectivity index (χ0) is 12.3. The molecule has 86 valence electrons. The van der Waals surface area contributed by atoms with Gasteiger partial charge in [0.05, 0.1) is 15.4 Å². The molecule has 0 bridgehead atoms. The maximum Gasteiger partial charge on any atom is 0.277 e. The third kappa shape index (κ3) is 2.66. The monoisotopic (exact) mass is 241 g/mol. The van der Waals surface area contributed by atoms with Crippen LogP contribution in [-0.2, 0) is 9.84 Å². The van der Waals surface area contributed by atoms with Crippen molar-refractivity contribution < 1.29 is 13.3 Å². The van der Waals surface area contributed by atoms with E-state index in [9.17, 15) is 18.5 Å².